The second-order valence-electron chi connectivity index (χ2n) is 8.58. The summed E-state index contributed by atoms with van der Waals surface area (Å²) in [5.41, 5.74) is 2.65. The van der Waals surface area contributed by atoms with Gasteiger partial charge in [0.05, 0.1) is 12.1 Å². The molecule has 0 aliphatic rings. The molecule has 0 bridgehead atoms. The van der Waals surface area contributed by atoms with Gasteiger partial charge < -0.3 is 5.11 Å². The lowest BCUT2D eigenvalue weighted by molar-refractivity contribution is 0.0697. The van der Waals surface area contributed by atoms with Crippen LogP contribution in [0.2, 0.25) is 0 Å². The minimum absolute atomic E-state index is 0.0930. The average molecular weight is 462 g/mol. The molecule has 6 heteroatoms. The molecule has 34 heavy (non-hydrogen) atoms. The predicted octanol–water partition coefficient (Wildman–Crippen LogP) is 6.24. The van der Waals surface area contributed by atoms with Crippen LogP contribution in [0.3, 0.4) is 0 Å². The molecule has 0 saturated carbocycles. The van der Waals surface area contributed by atoms with Gasteiger partial charge in [-0.25, -0.2) is 14.3 Å². The van der Waals surface area contributed by atoms with Crippen LogP contribution < -0.4 is 5.69 Å². The fraction of sp³-hybridized carbons (Fsp3) is 0.393. The molecule has 0 amide bonds. The third-order valence-corrected chi connectivity index (χ3v) is 5.94. The molecule has 180 valence electrons. The van der Waals surface area contributed by atoms with Gasteiger partial charge in [0.2, 0.25) is 0 Å². The Morgan fingerprint density at radius 3 is 2.38 bits per heavy atom. The zero-order valence-corrected chi connectivity index (χ0v) is 20.2. The summed E-state index contributed by atoms with van der Waals surface area (Å²) in [7, 11) is 0. The topological polar surface area (TPSA) is 77.1 Å². The molecule has 0 saturated heterocycles. The van der Waals surface area contributed by atoms with Crippen molar-refractivity contribution in [2.24, 2.45) is 0 Å². The summed E-state index contributed by atoms with van der Waals surface area (Å²) >= 11 is 0. The smallest absolute Gasteiger partial charge is 0.346 e. The van der Waals surface area contributed by atoms with Gasteiger partial charge in [0.15, 0.2) is 5.82 Å². The van der Waals surface area contributed by atoms with Crippen LogP contribution in [-0.4, -0.2) is 25.4 Å². The monoisotopic (exact) mass is 461 g/mol. The molecule has 0 unspecified atom stereocenters. The Kier molecular flexibility index (Phi) is 9.44. The largest absolute Gasteiger partial charge is 0.478 e. The first-order valence-corrected chi connectivity index (χ1v) is 12.3. The molecular formula is C28H35N3O3. The summed E-state index contributed by atoms with van der Waals surface area (Å²) in [6, 6.07) is 14.7. The zero-order valence-electron chi connectivity index (χ0n) is 20.2. The number of aryl methyl sites for hydroxylation is 1. The molecule has 0 aliphatic heterocycles. The van der Waals surface area contributed by atoms with Gasteiger partial charge in [-0.05, 0) is 41.7 Å². The number of allylic oxidation sites excluding steroid dienone is 1. The van der Waals surface area contributed by atoms with Gasteiger partial charge in [-0.3, -0.25) is 4.57 Å². The van der Waals surface area contributed by atoms with E-state index in [-0.39, 0.29) is 11.3 Å². The second-order valence-corrected chi connectivity index (χ2v) is 8.58. The quantitative estimate of drug-likeness (QED) is 0.306. The molecule has 3 aromatic rings. The van der Waals surface area contributed by atoms with Gasteiger partial charge in [-0.1, -0.05) is 94.5 Å². The van der Waals surface area contributed by atoms with Crippen LogP contribution in [-0.2, 0) is 13.1 Å². The van der Waals surface area contributed by atoms with Crippen molar-refractivity contribution < 1.29 is 9.90 Å². The fourth-order valence-electron chi connectivity index (χ4n) is 4.03. The Morgan fingerprint density at radius 1 is 0.971 bits per heavy atom. The van der Waals surface area contributed by atoms with Gasteiger partial charge >= 0.3 is 11.7 Å². The van der Waals surface area contributed by atoms with E-state index in [1.807, 2.05) is 48.6 Å². The molecule has 1 N–H and O–H groups in total. The van der Waals surface area contributed by atoms with E-state index in [4.69, 9.17) is 0 Å². The van der Waals surface area contributed by atoms with Crippen molar-refractivity contribution in [2.75, 3.05) is 0 Å². The number of hydrogen-bond acceptors (Lipinski definition) is 3. The van der Waals surface area contributed by atoms with Gasteiger partial charge in [0, 0.05) is 6.54 Å². The number of carboxylic acid groups (broad SMARTS) is 1. The lowest BCUT2D eigenvalue weighted by atomic mass is 9.99. The van der Waals surface area contributed by atoms with E-state index in [0.29, 0.717) is 24.5 Å². The number of aromatic nitrogens is 3. The number of carboxylic acids is 1. The SMILES string of the molecule is CCC=Cc1nn(CCCCCCCC)c(=O)n1Cc1ccc(-c2ccccc2C(=O)O)cc1. The number of unbranched alkanes of at least 4 members (excludes halogenated alkanes) is 5. The Labute approximate surface area is 201 Å². The van der Waals surface area contributed by atoms with Crippen LogP contribution in [0.25, 0.3) is 17.2 Å². The van der Waals surface area contributed by atoms with Crippen molar-refractivity contribution in [3.63, 3.8) is 0 Å². The maximum absolute atomic E-state index is 13.1. The van der Waals surface area contributed by atoms with E-state index < -0.39 is 5.97 Å². The summed E-state index contributed by atoms with van der Waals surface area (Å²) in [5, 5.41) is 14.1. The minimum atomic E-state index is -0.948. The zero-order chi connectivity index (χ0) is 24.3. The Morgan fingerprint density at radius 2 is 1.68 bits per heavy atom. The average Bonchev–Trinajstić information content (AvgIpc) is 3.14. The van der Waals surface area contributed by atoms with E-state index in [0.717, 1.165) is 30.4 Å². The van der Waals surface area contributed by atoms with Crippen LogP contribution in [0.15, 0.2) is 59.4 Å². The highest BCUT2D eigenvalue weighted by molar-refractivity contribution is 5.95. The van der Waals surface area contributed by atoms with E-state index in [1.54, 1.807) is 21.4 Å². The molecule has 1 heterocycles. The highest BCUT2D eigenvalue weighted by atomic mass is 16.4. The first-order valence-electron chi connectivity index (χ1n) is 12.3. The van der Waals surface area contributed by atoms with Crippen molar-refractivity contribution in [1.29, 1.82) is 0 Å². The van der Waals surface area contributed by atoms with Crippen LogP contribution in [0.5, 0.6) is 0 Å². The third-order valence-electron chi connectivity index (χ3n) is 5.94. The maximum Gasteiger partial charge on any atom is 0.346 e. The highest BCUT2D eigenvalue weighted by Gasteiger charge is 2.13. The summed E-state index contributed by atoms with van der Waals surface area (Å²) in [4.78, 5) is 24.6. The fourth-order valence-corrected chi connectivity index (χ4v) is 4.03. The molecule has 0 aliphatic carbocycles. The molecule has 3 rings (SSSR count). The van der Waals surface area contributed by atoms with Crippen molar-refractivity contribution in [2.45, 2.75) is 71.9 Å². The van der Waals surface area contributed by atoms with Gasteiger partial charge in [0.1, 0.15) is 0 Å². The molecule has 0 fully saturated rings. The molecule has 0 radical (unpaired) electrons. The van der Waals surface area contributed by atoms with Gasteiger partial charge in [-0.15, -0.1) is 0 Å². The second kappa shape index (κ2) is 12.7. The van der Waals surface area contributed by atoms with E-state index in [2.05, 4.69) is 18.9 Å². The Balaban J connectivity index is 1.77. The number of aromatic carboxylic acids is 1. The number of rotatable bonds is 13. The van der Waals surface area contributed by atoms with Crippen LogP contribution in [0.4, 0.5) is 0 Å². The first kappa shape index (κ1) is 25.2. The van der Waals surface area contributed by atoms with Crippen molar-refractivity contribution >= 4 is 12.0 Å². The summed E-state index contributed by atoms with van der Waals surface area (Å²) in [6.45, 7) is 5.31. The third kappa shape index (κ3) is 6.56. The van der Waals surface area contributed by atoms with Crippen molar-refractivity contribution in [3.8, 4) is 11.1 Å². The van der Waals surface area contributed by atoms with Crippen molar-refractivity contribution in [3.05, 3.63) is 82.0 Å². The molecular weight excluding hydrogens is 426 g/mol. The number of benzene rings is 2. The minimum Gasteiger partial charge on any atom is -0.478 e. The number of nitrogens with zero attached hydrogens (tertiary/aromatic N) is 3. The van der Waals surface area contributed by atoms with Crippen molar-refractivity contribution in [1.82, 2.24) is 14.3 Å². The van der Waals surface area contributed by atoms with Crippen LogP contribution in [0, 0.1) is 0 Å². The standard InChI is InChI=1S/C28H35N3O3/c1-3-5-7-8-9-12-20-31-28(34)30(26(29-31)15-6-4-2)21-22-16-18-23(19-17-22)24-13-10-11-14-25(24)27(32)33/h6,10-11,13-19H,3-5,7-9,12,20-21H2,1-2H3,(H,32,33). The Bertz CT molecular complexity index is 1160. The van der Waals surface area contributed by atoms with E-state index in [9.17, 15) is 14.7 Å². The number of carbonyl (C=O) groups is 1. The van der Waals surface area contributed by atoms with Gasteiger partial charge in [0.25, 0.3) is 0 Å². The molecule has 2 aromatic carbocycles. The summed E-state index contributed by atoms with van der Waals surface area (Å²) < 4.78 is 3.30. The van der Waals surface area contributed by atoms with E-state index in [1.165, 1.54) is 25.7 Å². The van der Waals surface area contributed by atoms with Crippen LogP contribution in [0.1, 0.15) is 80.5 Å². The molecule has 6 nitrogen and oxygen atoms in total. The van der Waals surface area contributed by atoms with Crippen LogP contribution >= 0.6 is 0 Å². The Hall–Kier alpha value is -3.41. The lowest BCUT2D eigenvalue weighted by Crippen LogP contribution is -2.25. The molecule has 0 atom stereocenters. The summed E-state index contributed by atoms with van der Waals surface area (Å²) in [6.07, 6.45) is 11.8. The molecule has 1 aromatic heterocycles. The normalized spacial score (nSPS) is 11.4. The van der Waals surface area contributed by atoms with Gasteiger partial charge in [-0.2, -0.15) is 5.10 Å². The molecule has 0 spiro atoms. The first-order chi connectivity index (χ1) is 16.5. The highest BCUT2D eigenvalue weighted by Crippen LogP contribution is 2.24. The summed E-state index contributed by atoms with van der Waals surface area (Å²) in [5.74, 6) is -0.283. The maximum atomic E-state index is 13.1. The predicted molar refractivity (Wildman–Crippen MR) is 137 cm³/mol. The lowest BCUT2D eigenvalue weighted by Gasteiger charge is -2.08. The van der Waals surface area contributed by atoms with E-state index >= 15 is 0 Å². The number of hydrogen-bond donors (Lipinski definition) is 1.